The summed E-state index contributed by atoms with van der Waals surface area (Å²) in [5.74, 6) is 3.23. The van der Waals surface area contributed by atoms with Gasteiger partial charge in [-0.15, -0.1) is 0 Å². The third-order valence-electron chi connectivity index (χ3n) is 8.69. The number of allylic oxidation sites excluding steroid dienone is 1. The first-order valence-electron chi connectivity index (χ1n) is 11.1. The zero-order valence-electron chi connectivity index (χ0n) is 16.3. The van der Waals surface area contributed by atoms with E-state index < -0.39 is 0 Å². The summed E-state index contributed by atoms with van der Waals surface area (Å²) < 4.78 is 0. The van der Waals surface area contributed by atoms with Gasteiger partial charge in [-0.1, -0.05) is 35.9 Å². The molecular formula is C25H32O2. The molecule has 0 heterocycles. The Morgan fingerprint density at radius 2 is 1.81 bits per heavy atom. The van der Waals surface area contributed by atoms with Crippen LogP contribution in [0.3, 0.4) is 0 Å². The minimum absolute atomic E-state index is 0.114. The number of hydrogen-bond donors (Lipinski definition) is 1. The summed E-state index contributed by atoms with van der Waals surface area (Å²) in [4.78, 5) is 11.9. The SMILES string of the molecule is O=C1C=C2CC[C@@H]3[C@H](CC[C@]4(CCc5ccccc5)[C@@H](O)CC[C@@H]34)[C@H]2CC1. The first-order chi connectivity index (χ1) is 13.2. The minimum Gasteiger partial charge on any atom is -0.393 e. The zero-order valence-corrected chi connectivity index (χ0v) is 16.3. The van der Waals surface area contributed by atoms with Gasteiger partial charge in [-0.2, -0.15) is 0 Å². The number of aliphatic hydroxyl groups is 1. The Labute approximate surface area is 163 Å². The topological polar surface area (TPSA) is 37.3 Å². The Morgan fingerprint density at radius 1 is 0.963 bits per heavy atom. The maximum Gasteiger partial charge on any atom is 0.155 e. The molecule has 27 heavy (non-hydrogen) atoms. The highest BCUT2D eigenvalue weighted by atomic mass is 16.3. The van der Waals surface area contributed by atoms with Crippen LogP contribution in [-0.4, -0.2) is 17.0 Å². The van der Waals surface area contributed by atoms with Crippen LogP contribution in [0.2, 0.25) is 0 Å². The van der Waals surface area contributed by atoms with Crippen LogP contribution in [0.5, 0.6) is 0 Å². The van der Waals surface area contributed by atoms with Crippen molar-refractivity contribution in [2.75, 3.05) is 0 Å². The predicted molar refractivity (Wildman–Crippen MR) is 107 cm³/mol. The molecule has 4 aliphatic carbocycles. The molecule has 0 spiro atoms. The van der Waals surface area contributed by atoms with Gasteiger partial charge in [0.1, 0.15) is 0 Å². The summed E-state index contributed by atoms with van der Waals surface area (Å²) in [6.45, 7) is 0. The van der Waals surface area contributed by atoms with Crippen LogP contribution in [0.25, 0.3) is 0 Å². The Bertz CT molecular complexity index is 736. The fourth-order valence-electron chi connectivity index (χ4n) is 7.46. The number of carbonyl (C=O) groups excluding carboxylic acids is 1. The van der Waals surface area contributed by atoms with E-state index in [-0.39, 0.29) is 11.5 Å². The summed E-state index contributed by atoms with van der Waals surface area (Å²) in [6, 6.07) is 10.8. The molecule has 0 aromatic heterocycles. The van der Waals surface area contributed by atoms with Crippen LogP contribution in [0.4, 0.5) is 0 Å². The molecule has 0 saturated heterocycles. The van der Waals surface area contributed by atoms with Crippen molar-refractivity contribution in [3.63, 3.8) is 0 Å². The smallest absolute Gasteiger partial charge is 0.155 e. The Hall–Kier alpha value is -1.41. The molecule has 4 aliphatic rings. The standard InChI is InChI=1S/C25H32O2/c26-19-7-9-20-18(16-19)6-8-22-21(20)13-15-25(23(22)10-11-24(25)27)14-12-17-4-2-1-3-5-17/h1-5,16,20-24,27H,6-15H2/t20-,21+,22+,23-,24-,25-/m0/s1. The lowest BCUT2D eigenvalue weighted by molar-refractivity contribution is -0.116. The summed E-state index contributed by atoms with van der Waals surface area (Å²) in [5.41, 5.74) is 3.01. The molecular weight excluding hydrogens is 332 g/mol. The number of rotatable bonds is 3. The molecule has 0 bridgehead atoms. The highest BCUT2D eigenvalue weighted by Crippen LogP contribution is 2.63. The fraction of sp³-hybridized carbons (Fsp3) is 0.640. The number of hydrogen-bond acceptors (Lipinski definition) is 2. The second kappa shape index (κ2) is 6.88. The molecule has 3 fully saturated rings. The van der Waals surface area contributed by atoms with E-state index in [1.54, 1.807) is 0 Å². The van der Waals surface area contributed by atoms with Gasteiger partial charge in [-0.05, 0) is 98.5 Å². The molecule has 0 aliphatic heterocycles. The molecule has 144 valence electrons. The van der Waals surface area contributed by atoms with Crippen molar-refractivity contribution in [3.05, 3.63) is 47.5 Å². The quantitative estimate of drug-likeness (QED) is 0.810. The van der Waals surface area contributed by atoms with Crippen molar-refractivity contribution in [1.29, 1.82) is 0 Å². The zero-order chi connectivity index (χ0) is 18.4. The highest BCUT2D eigenvalue weighted by molar-refractivity contribution is 5.91. The number of carbonyl (C=O) groups is 1. The van der Waals surface area contributed by atoms with E-state index in [9.17, 15) is 9.90 Å². The van der Waals surface area contributed by atoms with Crippen molar-refractivity contribution in [3.8, 4) is 0 Å². The van der Waals surface area contributed by atoms with Gasteiger partial charge in [0.15, 0.2) is 5.78 Å². The lowest BCUT2D eigenvalue weighted by Gasteiger charge is -2.54. The molecule has 6 atom stereocenters. The number of aliphatic hydroxyl groups excluding tert-OH is 1. The summed E-state index contributed by atoms with van der Waals surface area (Å²) in [6.07, 6.45) is 12.9. The van der Waals surface area contributed by atoms with E-state index in [0.29, 0.717) is 17.6 Å². The van der Waals surface area contributed by atoms with Gasteiger partial charge >= 0.3 is 0 Å². The predicted octanol–water partition coefficient (Wildman–Crippen LogP) is 5.10. The van der Waals surface area contributed by atoms with Crippen LogP contribution in [0.15, 0.2) is 42.0 Å². The lowest BCUT2D eigenvalue weighted by atomic mass is 9.51. The normalized spacial score (nSPS) is 40.7. The Morgan fingerprint density at radius 3 is 2.67 bits per heavy atom. The van der Waals surface area contributed by atoms with Crippen LogP contribution < -0.4 is 0 Å². The lowest BCUT2D eigenvalue weighted by Crippen LogP contribution is -2.49. The molecule has 0 radical (unpaired) electrons. The number of benzene rings is 1. The number of aryl methyl sites for hydroxylation is 1. The van der Waals surface area contributed by atoms with Gasteiger partial charge < -0.3 is 5.11 Å². The monoisotopic (exact) mass is 364 g/mol. The van der Waals surface area contributed by atoms with Gasteiger partial charge in [0.05, 0.1) is 6.10 Å². The molecule has 3 saturated carbocycles. The van der Waals surface area contributed by atoms with Crippen LogP contribution in [-0.2, 0) is 11.2 Å². The summed E-state index contributed by atoms with van der Waals surface area (Å²) in [7, 11) is 0. The van der Waals surface area contributed by atoms with Gasteiger partial charge in [0.25, 0.3) is 0 Å². The van der Waals surface area contributed by atoms with Crippen molar-refractivity contribution in [2.45, 2.75) is 70.3 Å². The number of fused-ring (bicyclic) bond motifs is 5. The van der Waals surface area contributed by atoms with Crippen molar-refractivity contribution < 1.29 is 9.90 Å². The number of ketones is 1. The average Bonchev–Trinajstić information content (AvgIpc) is 3.04. The van der Waals surface area contributed by atoms with E-state index in [1.165, 1.54) is 36.8 Å². The second-order valence-electron chi connectivity index (χ2n) is 9.65. The van der Waals surface area contributed by atoms with E-state index >= 15 is 0 Å². The van der Waals surface area contributed by atoms with Crippen LogP contribution >= 0.6 is 0 Å². The molecule has 5 rings (SSSR count). The van der Waals surface area contributed by atoms with Gasteiger partial charge in [0, 0.05) is 6.42 Å². The van der Waals surface area contributed by atoms with Gasteiger partial charge in [-0.3, -0.25) is 4.79 Å². The Kier molecular flexibility index (Phi) is 4.50. The fourth-order valence-corrected chi connectivity index (χ4v) is 7.46. The molecule has 0 amide bonds. The van der Waals surface area contributed by atoms with Crippen LogP contribution in [0.1, 0.15) is 63.4 Å². The van der Waals surface area contributed by atoms with E-state index in [4.69, 9.17) is 0 Å². The molecule has 2 nitrogen and oxygen atoms in total. The maximum absolute atomic E-state index is 11.9. The van der Waals surface area contributed by atoms with Gasteiger partial charge in [-0.25, -0.2) is 0 Å². The second-order valence-corrected chi connectivity index (χ2v) is 9.65. The molecule has 1 aromatic carbocycles. The first-order valence-corrected chi connectivity index (χ1v) is 11.1. The summed E-state index contributed by atoms with van der Waals surface area (Å²) in [5, 5.41) is 11.1. The maximum atomic E-state index is 11.9. The van der Waals surface area contributed by atoms with E-state index in [1.807, 2.05) is 6.08 Å². The minimum atomic E-state index is -0.114. The third-order valence-corrected chi connectivity index (χ3v) is 8.69. The average molecular weight is 365 g/mol. The van der Waals surface area contributed by atoms with E-state index in [2.05, 4.69) is 30.3 Å². The summed E-state index contributed by atoms with van der Waals surface area (Å²) >= 11 is 0. The van der Waals surface area contributed by atoms with Crippen molar-refractivity contribution in [1.82, 2.24) is 0 Å². The van der Waals surface area contributed by atoms with Crippen molar-refractivity contribution in [2.24, 2.45) is 29.1 Å². The first kappa shape index (κ1) is 17.7. The van der Waals surface area contributed by atoms with Crippen LogP contribution in [0, 0.1) is 29.1 Å². The third kappa shape index (κ3) is 2.92. The van der Waals surface area contributed by atoms with E-state index in [0.717, 1.165) is 50.4 Å². The molecule has 1 aromatic rings. The molecule has 2 heteroatoms. The van der Waals surface area contributed by atoms with Gasteiger partial charge in [0.2, 0.25) is 0 Å². The molecule has 1 N–H and O–H groups in total. The Balaban J connectivity index is 1.38. The largest absolute Gasteiger partial charge is 0.393 e. The molecule has 0 unspecified atom stereocenters. The highest BCUT2D eigenvalue weighted by Gasteiger charge is 2.57. The van der Waals surface area contributed by atoms with Crippen molar-refractivity contribution >= 4 is 5.78 Å².